The molecule has 0 fully saturated rings. The van der Waals surface area contributed by atoms with Gasteiger partial charge in [-0.15, -0.1) is 11.8 Å². The third kappa shape index (κ3) is 5.06. The molecule has 0 aromatic heterocycles. The van der Waals surface area contributed by atoms with Crippen LogP contribution in [0.15, 0.2) is 23.1 Å². The SMILES string of the molecule is CCNC(CCSc1cc(Cl)ccc1Cl)C(N)=O. The predicted octanol–water partition coefficient (Wildman–Crippen LogP) is 2.94. The van der Waals surface area contributed by atoms with Gasteiger partial charge < -0.3 is 11.1 Å². The van der Waals surface area contributed by atoms with Crippen molar-refractivity contribution in [3.8, 4) is 0 Å². The number of hydrogen-bond acceptors (Lipinski definition) is 3. The average Bonchev–Trinajstić information content (AvgIpc) is 2.32. The first-order chi connectivity index (χ1) is 8.54. The van der Waals surface area contributed by atoms with E-state index in [0.717, 1.165) is 17.2 Å². The maximum atomic E-state index is 11.2. The van der Waals surface area contributed by atoms with Crippen LogP contribution in [0.25, 0.3) is 0 Å². The second-order valence-electron chi connectivity index (χ2n) is 3.72. The first-order valence-electron chi connectivity index (χ1n) is 5.65. The van der Waals surface area contributed by atoms with E-state index in [0.29, 0.717) is 16.5 Å². The Morgan fingerprint density at radius 1 is 1.50 bits per heavy atom. The number of halogens is 2. The molecule has 3 nitrogen and oxygen atoms in total. The summed E-state index contributed by atoms with van der Waals surface area (Å²) in [4.78, 5) is 12.1. The van der Waals surface area contributed by atoms with Crippen molar-refractivity contribution in [2.75, 3.05) is 12.3 Å². The fraction of sp³-hybridized carbons (Fsp3) is 0.417. The summed E-state index contributed by atoms with van der Waals surface area (Å²) in [5.74, 6) is 0.426. The van der Waals surface area contributed by atoms with Gasteiger partial charge in [-0.3, -0.25) is 4.79 Å². The van der Waals surface area contributed by atoms with Gasteiger partial charge in [-0.2, -0.15) is 0 Å². The van der Waals surface area contributed by atoms with Crippen molar-refractivity contribution < 1.29 is 4.79 Å². The summed E-state index contributed by atoms with van der Waals surface area (Å²) in [5, 5.41) is 4.37. The van der Waals surface area contributed by atoms with Crippen molar-refractivity contribution in [1.82, 2.24) is 5.32 Å². The van der Waals surface area contributed by atoms with Gasteiger partial charge in [-0.1, -0.05) is 30.1 Å². The normalized spacial score (nSPS) is 12.4. The van der Waals surface area contributed by atoms with Gasteiger partial charge in [0.05, 0.1) is 11.1 Å². The molecule has 0 heterocycles. The van der Waals surface area contributed by atoms with Gasteiger partial charge in [0.25, 0.3) is 0 Å². The molecule has 18 heavy (non-hydrogen) atoms. The highest BCUT2D eigenvalue weighted by molar-refractivity contribution is 7.99. The molecule has 0 aliphatic carbocycles. The van der Waals surface area contributed by atoms with Crippen LogP contribution < -0.4 is 11.1 Å². The van der Waals surface area contributed by atoms with Gasteiger partial charge >= 0.3 is 0 Å². The van der Waals surface area contributed by atoms with Crippen molar-refractivity contribution in [2.24, 2.45) is 5.73 Å². The van der Waals surface area contributed by atoms with E-state index in [1.165, 1.54) is 0 Å². The van der Waals surface area contributed by atoms with Crippen LogP contribution in [0.1, 0.15) is 13.3 Å². The first-order valence-corrected chi connectivity index (χ1v) is 7.39. The Balaban J connectivity index is 2.49. The van der Waals surface area contributed by atoms with E-state index in [9.17, 15) is 4.79 Å². The maximum absolute atomic E-state index is 11.2. The number of carbonyl (C=O) groups excluding carboxylic acids is 1. The molecule has 0 radical (unpaired) electrons. The number of carbonyl (C=O) groups is 1. The van der Waals surface area contributed by atoms with Crippen molar-refractivity contribution in [3.05, 3.63) is 28.2 Å². The van der Waals surface area contributed by atoms with E-state index in [1.54, 1.807) is 23.9 Å². The zero-order valence-corrected chi connectivity index (χ0v) is 12.4. The number of nitrogens with two attached hydrogens (primary N) is 1. The Bertz CT molecular complexity index is 415. The van der Waals surface area contributed by atoms with Crippen molar-refractivity contribution in [1.29, 1.82) is 0 Å². The Hall–Kier alpha value is -0.420. The van der Waals surface area contributed by atoms with Gasteiger partial charge in [0.2, 0.25) is 5.91 Å². The fourth-order valence-electron chi connectivity index (χ4n) is 1.47. The molecule has 0 aliphatic rings. The zero-order valence-electron chi connectivity index (χ0n) is 10.1. The maximum Gasteiger partial charge on any atom is 0.234 e. The van der Waals surface area contributed by atoms with Gasteiger partial charge in [0, 0.05) is 15.7 Å². The standard InChI is InChI=1S/C12H16Cl2N2OS/c1-2-16-10(12(15)17)5-6-18-11-7-8(13)3-4-9(11)14/h3-4,7,10,16H,2,5-6H2,1H3,(H2,15,17). The van der Waals surface area contributed by atoms with Gasteiger partial charge in [0.15, 0.2) is 0 Å². The van der Waals surface area contributed by atoms with Crippen molar-refractivity contribution in [3.63, 3.8) is 0 Å². The minimum Gasteiger partial charge on any atom is -0.368 e. The number of likely N-dealkylation sites (N-methyl/N-ethyl adjacent to an activating group) is 1. The molecule has 0 spiro atoms. The first kappa shape index (κ1) is 15.6. The van der Waals surface area contributed by atoms with Crippen LogP contribution >= 0.6 is 35.0 Å². The van der Waals surface area contributed by atoms with E-state index in [-0.39, 0.29) is 11.9 Å². The molecule has 6 heteroatoms. The van der Waals surface area contributed by atoms with E-state index in [1.807, 2.05) is 13.0 Å². The Kier molecular flexibility index (Phi) is 6.86. The van der Waals surface area contributed by atoms with Crippen LogP contribution in [0.2, 0.25) is 10.0 Å². The molecule has 100 valence electrons. The molecular weight excluding hydrogens is 291 g/mol. The van der Waals surface area contributed by atoms with Crippen LogP contribution in [0.4, 0.5) is 0 Å². The lowest BCUT2D eigenvalue weighted by Crippen LogP contribution is -2.41. The van der Waals surface area contributed by atoms with E-state index >= 15 is 0 Å². The molecule has 1 aromatic carbocycles. The zero-order chi connectivity index (χ0) is 13.5. The number of nitrogens with one attached hydrogen (secondary N) is 1. The molecule has 1 aromatic rings. The molecule has 1 atom stereocenters. The van der Waals surface area contributed by atoms with Crippen LogP contribution in [0, 0.1) is 0 Å². The minimum atomic E-state index is -0.324. The number of benzene rings is 1. The highest BCUT2D eigenvalue weighted by Gasteiger charge is 2.13. The number of thioether (sulfide) groups is 1. The highest BCUT2D eigenvalue weighted by atomic mass is 35.5. The van der Waals surface area contributed by atoms with Crippen molar-refractivity contribution in [2.45, 2.75) is 24.3 Å². The third-order valence-corrected chi connectivity index (χ3v) is 4.12. The minimum absolute atomic E-state index is 0.291. The Labute approximate surface area is 121 Å². The Morgan fingerprint density at radius 3 is 2.83 bits per heavy atom. The Morgan fingerprint density at radius 2 is 2.22 bits per heavy atom. The molecule has 1 amide bonds. The average molecular weight is 307 g/mol. The largest absolute Gasteiger partial charge is 0.368 e. The summed E-state index contributed by atoms with van der Waals surface area (Å²) in [6.07, 6.45) is 0.663. The summed E-state index contributed by atoms with van der Waals surface area (Å²) in [6, 6.07) is 5.04. The molecule has 0 aliphatic heterocycles. The lowest BCUT2D eigenvalue weighted by atomic mass is 10.2. The quantitative estimate of drug-likeness (QED) is 0.762. The lowest BCUT2D eigenvalue weighted by molar-refractivity contribution is -0.120. The second-order valence-corrected chi connectivity index (χ2v) is 5.70. The molecule has 1 unspecified atom stereocenters. The molecular formula is C12H16Cl2N2OS. The summed E-state index contributed by atoms with van der Waals surface area (Å²) < 4.78 is 0. The van der Waals surface area contributed by atoms with Crippen LogP contribution in [0.5, 0.6) is 0 Å². The second kappa shape index (κ2) is 7.89. The highest BCUT2D eigenvalue weighted by Crippen LogP contribution is 2.30. The molecule has 0 saturated carbocycles. The molecule has 3 N–H and O–H groups in total. The number of amides is 1. The van der Waals surface area contributed by atoms with Crippen LogP contribution in [0.3, 0.4) is 0 Å². The molecule has 1 rings (SSSR count). The summed E-state index contributed by atoms with van der Waals surface area (Å²) >= 11 is 13.5. The monoisotopic (exact) mass is 306 g/mol. The number of rotatable bonds is 7. The van der Waals surface area contributed by atoms with E-state index in [4.69, 9.17) is 28.9 Å². The summed E-state index contributed by atoms with van der Waals surface area (Å²) in [7, 11) is 0. The number of hydrogen-bond donors (Lipinski definition) is 2. The fourth-order valence-corrected chi connectivity index (χ4v) is 2.97. The van der Waals surface area contributed by atoms with Crippen LogP contribution in [-0.2, 0) is 4.79 Å². The summed E-state index contributed by atoms with van der Waals surface area (Å²) in [6.45, 7) is 2.66. The predicted molar refractivity (Wildman–Crippen MR) is 78.5 cm³/mol. The summed E-state index contributed by atoms with van der Waals surface area (Å²) in [5.41, 5.74) is 5.30. The van der Waals surface area contributed by atoms with E-state index < -0.39 is 0 Å². The van der Waals surface area contributed by atoms with Crippen LogP contribution in [-0.4, -0.2) is 24.2 Å². The number of primary amides is 1. The van der Waals surface area contributed by atoms with E-state index in [2.05, 4.69) is 5.32 Å². The van der Waals surface area contributed by atoms with Gasteiger partial charge in [-0.25, -0.2) is 0 Å². The lowest BCUT2D eigenvalue weighted by Gasteiger charge is -2.13. The molecule has 0 bridgehead atoms. The molecule has 0 saturated heterocycles. The van der Waals surface area contributed by atoms with Gasteiger partial charge in [-0.05, 0) is 31.2 Å². The van der Waals surface area contributed by atoms with Gasteiger partial charge in [0.1, 0.15) is 0 Å². The third-order valence-electron chi connectivity index (χ3n) is 2.35. The topological polar surface area (TPSA) is 55.1 Å². The van der Waals surface area contributed by atoms with Crippen molar-refractivity contribution >= 4 is 40.9 Å². The smallest absolute Gasteiger partial charge is 0.234 e.